The highest BCUT2D eigenvalue weighted by Gasteiger charge is 2.29. The Labute approximate surface area is 168 Å². The molecule has 4 heterocycles. The predicted molar refractivity (Wildman–Crippen MR) is 111 cm³/mol. The van der Waals surface area contributed by atoms with Crippen molar-refractivity contribution in [1.29, 1.82) is 0 Å². The molecule has 7 nitrogen and oxygen atoms in total. The highest BCUT2D eigenvalue weighted by atomic mass is 35.5. The molecule has 0 radical (unpaired) electrons. The average Bonchev–Trinajstić information content (AvgIpc) is 3.30. The second kappa shape index (κ2) is 8.52. The van der Waals surface area contributed by atoms with Gasteiger partial charge in [-0.2, -0.15) is 0 Å². The quantitative estimate of drug-likeness (QED) is 0.613. The molecule has 1 unspecified atom stereocenters. The molecular formula is C18H24ClN5O2S. The van der Waals surface area contributed by atoms with Crippen LogP contribution in [0.1, 0.15) is 13.3 Å². The second-order valence-corrected chi connectivity index (χ2v) is 7.91. The molecular weight excluding hydrogens is 386 g/mol. The standard InChI is InChI=1S/C18H23N5O2S.ClH/c1-11(14-8-12(24)9-21-14)22-18(25)16-10-23(6-7-26-16)15-3-5-20-17-13(15)2-4-19-17;/h2-5,10-12,14,21,24H,6-9H2,1H3,(H,19,20)(H,22,25);1H/t11?,12-,14+;/m1./s1. The van der Waals surface area contributed by atoms with E-state index in [0.717, 1.165) is 29.0 Å². The molecule has 9 heteroatoms. The number of fused-ring (bicyclic) bond motifs is 1. The van der Waals surface area contributed by atoms with Crippen molar-refractivity contribution in [3.63, 3.8) is 0 Å². The summed E-state index contributed by atoms with van der Waals surface area (Å²) in [5.74, 6) is 0.789. The van der Waals surface area contributed by atoms with Crippen molar-refractivity contribution in [3.05, 3.63) is 35.6 Å². The van der Waals surface area contributed by atoms with Crippen LogP contribution in [0.2, 0.25) is 0 Å². The molecule has 27 heavy (non-hydrogen) atoms. The molecule has 0 spiro atoms. The van der Waals surface area contributed by atoms with Gasteiger partial charge in [0.25, 0.3) is 5.91 Å². The number of aromatic amines is 1. The molecule has 3 atom stereocenters. The number of nitrogens with zero attached hydrogens (tertiary/aromatic N) is 2. The molecule has 0 aromatic carbocycles. The van der Waals surface area contributed by atoms with Crippen molar-refractivity contribution in [2.75, 3.05) is 23.7 Å². The van der Waals surface area contributed by atoms with Gasteiger partial charge in [-0.25, -0.2) is 4.98 Å². The Morgan fingerprint density at radius 3 is 3.11 bits per heavy atom. The summed E-state index contributed by atoms with van der Waals surface area (Å²) in [6, 6.07) is 4.06. The Balaban J connectivity index is 0.00000210. The van der Waals surface area contributed by atoms with Crippen LogP contribution in [-0.4, -0.2) is 58.0 Å². The van der Waals surface area contributed by atoms with Crippen molar-refractivity contribution in [2.24, 2.45) is 0 Å². The number of aromatic nitrogens is 2. The maximum atomic E-state index is 12.7. The van der Waals surface area contributed by atoms with Crippen LogP contribution in [-0.2, 0) is 4.79 Å². The number of nitrogens with one attached hydrogen (secondary N) is 3. The van der Waals surface area contributed by atoms with Gasteiger partial charge < -0.3 is 25.6 Å². The number of anilines is 1. The van der Waals surface area contributed by atoms with E-state index < -0.39 is 0 Å². The number of aliphatic hydroxyl groups excluding tert-OH is 1. The van der Waals surface area contributed by atoms with Crippen LogP contribution in [0.4, 0.5) is 5.69 Å². The molecule has 2 aliphatic heterocycles. The largest absolute Gasteiger partial charge is 0.392 e. The molecule has 0 aliphatic carbocycles. The van der Waals surface area contributed by atoms with Crippen molar-refractivity contribution in [1.82, 2.24) is 20.6 Å². The number of hydrogen-bond acceptors (Lipinski definition) is 6. The van der Waals surface area contributed by atoms with E-state index in [-0.39, 0.29) is 36.5 Å². The second-order valence-electron chi connectivity index (χ2n) is 6.77. The minimum Gasteiger partial charge on any atom is -0.392 e. The third kappa shape index (κ3) is 4.24. The molecule has 4 rings (SSSR count). The van der Waals surface area contributed by atoms with Crippen LogP contribution < -0.4 is 15.5 Å². The molecule has 0 bridgehead atoms. The number of carbonyl (C=O) groups is 1. The lowest BCUT2D eigenvalue weighted by Gasteiger charge is -2.28. The number of amides is 1. The number of aliphatic hydroxyl groups is 1. The van der Waals surface area contributed by atoms with Crippen LogP contribution >= 0.6 is 24.2 Å². The van der Waals surface area contributed by atoms with Crippen molar-refractivity contribution in [2.45, 2.75) is 31.5 Å². The maximum Gasteiger partial charge on any atom is 0.259 e. The highest BCUT2D eigenvalue weighted by molar-refractivity contribution is 8.04. The van der Waals surface area contributed by atoms with Gasteiger partial charge in [-0.1, -0.05) is 0 Å². The summed E-state index contributed by atoms with van der Waals surface area (Å²) in [4.78, 5) is 23.0. The van der Waals surface area contributed by atoms with Gasteiger partial charge in [-0.15, -0.1) is 24.2 Å². The summed E-state index contributed by atoms with van der Waals surface area (Å²) in [5, 5.41) is 17.0. The molecule has 1 fully saturated rings. The van der Waals surface area contributed by atoms with Crippen molar-refractivity contribution in [3.8, 4) is 0 Å². The van der Waals surface area contributed by atoms with E-state index in [2.05, 4.69) is 25.5 Å². The lowest BCUT2D eigenvalue weighted by molar-refractivity contribution is -0.117. The van der Waals surface area contributed by atoms with Crippen molar-refractivity contribution < 1.29 is 9.90 Å². The molecule has 0 saturated carbocycles. The number of halogens is 1. The minimum atomic E-state index is -0.325. The van der Waals surface area contributed by atoms with Gasteiger partial charge in [0.05, 0.1) is 16.7 Å². The van der Waals surface area contributed by atoms with Gasteiger partial charge in [0.1, 0.15) is 5.65 Å². The third-order valence-electron chi connectivity index (χ3n) is 4.94. The molecule has 2 aliphatic rings. The zero-order chi connectivity index (χ0) is 18.1. The Morgan fingerprint density at radius 1 is 1.48 bits per heavy atom. The number of rotatable bonds is 4. The zero-order valence-electron chi connectivity index (χ0n) is 15.0. The first-order valence-electron chi connectivity index (χ1n) is 8.87. The van der Waals surface area contributed by atoms with Gasteiger partial charge in [0.2, 0.25) is 0 Å². The van der Waals surface area contributed by atoms with E-state index in [1.165, 1.54) is 0 Å². The zero-order valence-corrected chi connectivity index (χ0v) is 16.6. The summed E-state index contributed by atoms with van der Waals surface area (Å²) in [6.07, 6.45) is 5.93. The normalized spacial score (nSPS) is 23.6. The van der Waals surface area contributed by atoms with Gasteiger partial charge in [0.15, 0.2) is 0 Å². The number of H-pyrrole nitrogens is 1. The number of pyridine rings is 1. The fourth-order valence-corrected chi connectivity index (χ4v) is 4.41. The van der Waals surface area contributed by atoms with Crippen LogP contribution in [0, 0.1) is 0 Å². The Bertz CT molecular complexity index is 842. The highest BCUT2D eigenvalue weighted by Crippen LogP contribution is 2.30. The van der Waals surface area contributed by atoms with Gasteiger partial charge >= 0.3 is 0 Å². The first-order chi connectivity index (χ1) is 12.6. The van der Waals surface area contributed by atoms with Crippen LogP contribution in [0.3, 0.4) is 0 Å². The Hall–Kier alpha value is -1.74. The fourth-order valence-electron chi connectivity index (χ4n) is 3.51. The average molecular weight is 410 g/mol. The number of hydrogen-bond donors (Lipinski definition) is 4. The van der Waals surface area contributed by atoms with Crippen molar-refractivity contribution >= 4 is 46.8 Å². The lowest BCUT2D eigenvalue weighted by atomic mass is 10.1. The predicted octanol–water partition coefficient (Wildman–Crippen LogP) is 1.61. The molecule has 4 N–H and O–H groups in total. The van der Waals surface area contributed by atoms with Crippen LogP contribution in [0.5, 0.6) is 0 Å². The van der Waals surface area contributed by atoms with Gasteiger partial charge in [-0.3, -0.25) is 4.79 Å². The first-order valence-corrected chi connectivity index (χ1v) is 9.86. The van der Waals surface area contributed by atoms with E-state index in [4.69, 9.17) is 0 Å². The molecule has 1 saturated heterocycles. The fraction of sp³-hybridized carbons (Fsp3) is 0.444. The van der Waals surface area contributed by atoms with Gasteiger partial charge in [-0.05, 0) is 25.5 Å². The topological polar surface area (TPSA) is 93.3 Å². The number of carbonyl (C=O) groups excluding carboxylic acids is 1. The van der Waals surface area contributed by atoms with Gasteiger partial charge in [0, 0.05) is 54.9 Å². The lowest BCUT2D eigenvalue weighted by Crippen LogP contribution is -2.46. The third-order valence-corrected chi connectivity index (χ3v) is 5.93. The molecule has 146 valence electrons. The SMILES string of the molecule is CC(NC(=O)C1=CN(c2ccnc3[nH]ccc23)CCS1)[C@@H]1C[C@@H](O)CN1.Cl. The van der Waals surface area contributed by atoms with E-state index in [1.54, 1.807) is 18.0 Å². The summed E-state index contributed by atoms with van der Waals surface area (Å²) >= 11 is 1.58. The van der Waals surface area contributed by atoms with E-state index in [0.29, 0.717) is 17.9 Å². The van der Waals surface area contributed by atoms with E-state index >= 15 is 0 Å². The smallest absolute Gasteiger partial charge is 0.259 e. The molecule has 2 aromatic heterocycles. The number of β-amino-alcohol motifs (C(OH)–C–C–N with tert-alkyl or cyclic N) is 1. The summed E-state index contributed by atoms with van der Waals surface area (Å²) in [7, 11) is 0. The molecule has 2 aromatic rings. The first kappa shape index (κ1) is 20.0. The number of thioether (sulfide) groups is 1. The van der Waals surface area contributed by atoms with Crippen LogP contribution in [0.25, 0.3) is 11.0 Å². The molecule has 1 amide bonds. The van der Waals surface area contributed by atoms with E-state index in [9.17, 15) is 9.90 Å². The summed E-state index contributed by atoms with van der Waals surface area (Å²) in [5.41, 5.74) is 1.90. The summed E-state index contributed by atoms with van der Waals surface area (Å²) < 4.78 is 0. The van der Waals surface area contributed by atoms with Crippen LogP contribution in [0.15, 0.2) is 35.6 Å². The Morgan fingerprint density at radius 2 is 2.33 bits per heavy atom. The maximum absolute atomic E-state index is 12.7. The summed E-state index contributed by atoms with van der Waals surface area (Å²) in [6.45, 7) is 3.41. The van der Waals surface area contributed by atoms with E-state index in [1.807, 2.05) is 31.5 Å². The Kier molecular flexibility index (Phi) is 6.31. The minimum absolute atomic E-state index is 0. The monoisotopic (exact) mass is 409 g/mol.